The quantitative estimate of drug-likeness (QED) is 0.175. The molecule has 10 rings (SSSR count). The zero-order valence-electron chi connectivity index (χ0n) is 26.7. The van der Waals surface area contributed by atoms with Crippen LogP contribution in [0.25, 0.3) is 50.5 Å². The Morgan fingerprint density at radius 3 is 2.10 bits per heavy atom. The number of allylic oxidation sites excluding steroid dienone is 6. The molecule has 3 aliphatic rings. The first-order chi connectivity index (χ1) is 23.8. The molecular formula is C45H35N3. The number of para-hydroxylation sites is 3. The van der Waals surface area contributed by atoms with Crippen molar-refractivity contribution in [2.75, 3.05) is 4.90 Å². The van der Waals surface area contributed by atoms with Crippen molar-refractivity contribution in [2.45, 2.75) is 24.8 Å². The monoisotopic (exact) mass is 617 g/mol. The number of benzene rings is 5. The Kier molecular flexibility index (Phi) is 6.04. The van der Waals surface area contributed by atoms with Crippen molar-refractivity contribution < 1.29 is 0 Å². The number of fused-ring (bicyclic) bond motifs is 7. The van der Waals surface area contributed by atoms with Gasteiger partial charge in [0.1, 0.15) is 0 Å². The van der Waals surface area contributed by atoms with Crippen molar-refractivity contribution in [3.8, 4) is 5.69 Å². The van der Waals surface area contributed by atoms with E-state index >= 15 is 0 Å². The molecule has 0 radical (unpaired) electrons. The lowest BCUT2D eigenvalue weighted by molar-refractivity contribution is 0.606. The van der Waals surface area contributed by atoms with E-state index in [-0.39, 0.29) is 5.54 Å². The lowest BCUT2D eigenvalue weighted by Gasteiger charge is -2.26. The van der Waals surface area contributed by atoms with Gasteiger partial charge in [-0.25, -0.2) is 0 Å². The fourth-order valence-corrected chi connectivity index (χ4v) is 8.32. The number of aromatic nitrogens is 2. The third-order valence-electron chi connectivity index (χ3n) is 10.6. The zero-order valence-corrected chi connectivity index (χ0v) is 26.7. The van der Waals surface area contributed by atoms with Gasteiger partial charge in [-0.05, 0) is 92.1 Å². The molecule has 1 saturated carbocycles. The van der Waals surface area contributed by atoms with Gasteiger partial charge in [0.05, 0.1) is 22.3 Å². The second-order valence-electron chi connectivity index (χ2n) is 13.3. The van der Waals surface area contributed by atoms with Crippen molar-refractivity contribution in [3.63, 3.8) is 0 Å². The molecule has 1 fully saturated rings. The van der Waals surface area contributed by atoms with Crippen molar-refractivity contribution >= 4 is 61.9 Å². The lowest BCUT2D eigenvalue weighted by Crippen LogP contribution is -2.16. The summed E-state index contributed by atoms with van der Waals surface area (Å²) in [6.45, 7) is 0. The molecule has 5 aromatic carbocycles. The van der Waals surface area contributed by atoms with Crippen molar-refractivity contribution in [1.82, 2.24) is 9.13 Å². The predicted molar refractivity (Wildman–Crippen MR) is 203 cm³/mol. The van der Waals surface area contributed by atoms with Crippen LogP contribution < -0.4 is 4.90 Å². The number of hydrogen-bond donors (Lipinski definition) is 0. The van der Waals surface area contributed by atoms with Crippen LogP contribution in [-0.4, -0.2) is 9.13 Å². The molecule has 3 heteroatoms. The summed E-state index contributed by atoms with van der Waals surface area (Å²) in [6, 6.07) is 44.5. The molecule has 3 nitrogen and oxygen atoms in total. The van der Waals surface area contributed by atoms with Crippen LogP contribution in [0.5, 0.6) is 0 Å². The summed E-state index contributed by atoms with van der Waals surface area (Å²) in [7, 11) is 0. The predicted octanol–water partition coefficient (Wildman–Crippen LogP) is 11.9. The first-order valence-corrected chi connectivity index (χ1v) is 17.1. The van der Waals surface area contributed by atoms with Crippen molar-refractivity contribution in [3.05, 3.63) is 169 Å². The molecule has 0 spiro atoms. The molecule has 0 N–H and O–H groups in total. The second kappa shape index (κ2) is 10.6. The minimum Gasteiger partial charge on any atom is -0.330 e. The van der Waals surface area contributed by atoms with Gasteiger partial charge in [-0.3, -0.25) is 0 Å². The average molecular weight is 618 g/mol. The Morgan fingerprint density at radius 1 is 0.562 bits per heavy atom. The van der Waals surface area contributed by atoms with Crippen LogP contribution in [0.1, 0.15) is 30.5 Å². The van der Waals surface area contributed by atoms with E-state index in [0.29, 0.717) is 5.92 Å². The zero-order chi connectivity index (χ0) is 31.7. The molecule has 0 aliphatic heterocycles. The van der Waals surface area contributed by atoms with Gasteiger partial charge in [-0.2, -0.15) is 0 Å². The second-order valence-corrected chi connectivity index (χ2v) is 13.3. The first kappa shape index (κ1) is 27.3. The normalized spacial score (nSPS) is 19.4. The highest BCUT2D eigenvalue weighted by Gasteiger charge is 2.53. The van der Waals surface area contributed by atoms with E-state index in [1.165, 1.54) is 49.7 Å². The molecule has 230 valence electrons. The van der Waals surface area contributed by atoms with E-state index in [9.17, 15) is 0 Å². The van der Waals surface area contributed by atoms with Gasteiger partial charge in [0.25, 0.3) is 0 Å². The molecule has 2 atom stereocenters. The Labute approximate surface area is 280 Å². The number of nitrogens with zero attached hydrogens (tertiary/aromatic N) is 3. The Bertz CT molecular complexity index is 2490. The molecule has 0 amide bonds. The fourth-order valence-electron chi connectivity index (χ4n) is 8.32. The maximum Gasteiger partial charge on any atom is 0.0704 e. The van der Waals surface area contributed by atoms with E-state index in [1.807, 2.05) is 0 Å². The largest absolute Gasteiger partial charge is 0.330 e. The highest BCUT2D eigenvalue weighted by molar-refractivity contribution is 6.10. The van der Waals surface area contributed by atoms with Gasteiger partial charge >= 0.3 is 0 Å². The SMILES string of the molecule is C1=Cc2c(n(-c3ccccc3)c3ccc(N(c4ccccc4)c4ccc5c(c4)c4ccccc4n5C45C=CCC=CC4C5)cc23)C=CC1. The third kappa shape index (κ3) is 4.07. The standard InChI is InChI=1S/C45H35N3/c1-6-16-33(17-7-1)46(35-24-26-42-39(29-35)37-20-10-3-11-22-41(37)47(42)34-18-8-2-9-19-34)36-25-27-44-40(30-36)38-21-12-13-23-43(38)48(44)45-28-14-4-5-15-32(45)31-45/h1-2,5-30,32H,3-4,31H2. The van der Waals surface area contributed by atoms with Gasteiger partial charge in [0, 0.05) is 55.9 Å². The number of anilines is 3. The average Bonchev–Trinajstić information content (AvgIpc) is 3.76. The van der Waals surface area contributed by atoms with Gasteiger partial charge in [0.2, 0.25) is 0 Å². The van der Waals surface area contributed by atoms with E-state index in [2.05, 4.69) is 184 Å². The molecular weight excluding hydrogens is 583 g/mol. The van der Waals surface area contributed by atoms with E-state index in [1.54, 1.807) is 0 Å². The van der Waals surface area contributed by atoms with Crippen LogP contribution in [0.2, 0.25) is 0 Å². The fraction of sp³-hybridized carbons (Fsp3) is 0.111. The summed E-state index contributed by atoms with van der Waals surface area (Å²) in [4.78, 5) is 2.42. The maximum absolute atomic E-state index is 2.62. The van der Waals surface area contributed by atoms with Gasteiger partial charge in [0.15, 0.2) is 0 Å². The molecule has 3 aliphatic carbocycles. The van der Waals surface area contributed by atoms with Crippen LogP contribution in [0.15, 0.2) is 158 Å². The van der Waals surface area contributed by atoms with Crippen LogP contribution in [-0.2, 0) is 5.54 Å². The molecule has 0 bridgehead atoms. The Balaban J connectivity index is 1.19. The maximum atomic E-state index is 2.62. The molecule has 7 aromatic rings. The molecule has 2 heterocycles. The van der Waals surface area contributed by atoms with Crippen molar-refractivity contribution in [1.29, 1.82) is 0 Å². The smallest absolute Gasteiger partial charge is 0.0704 e. The van der Waals surface area contributed by atoms with E-state index < -0.39 is 0 Å². The summed E-state index contributed by atoms with van der Waals surface area (Å²) in [5.74, 6) is 0.546. The third-order valence-corrected chi connectivity index (χ3v) is 10.6. The minimum atomic E-state index is 0.0195. The van der Waals surface area contributed by atoms with E-state index in [0.717, 1.165) is 36.3 Å². The minimum absolute atomic E-state index is 0.0195. The van der Waals surface area contributed by atoms with Gasteiger partial charge < -0.3 is 14.0 Å². The van der Waals surface area contributed by atoms with Crippen LogP contribution in [0.4, 0.5) is 17.1 Å². The lowest BCUT2D eigenvalue weighted by atomic mass is 10.1. The number of rotatable bonds is 5. The summed E-state index contributed by atoms with van der Waals surface area (Å²) in [5, 5.41) is 3.85. The van der Waals surface area contributed by atoms with Gasteiger partial charge in [-0.15, -0.1) is 0 Å². The van der Waals surface area contributed by atoms with Crippen LogP contribution in [0.3, 0.4) is 0 Å². The Morgan fingerprint density at radius 2 is 1.25 bits per heavy atom. The van der Waals surface area contributed by atoms with Crippen molar-refractivity contribution in [2.24, 2.45) is 5.92 Å². The molecule has 2 aromatic heterocycles. The Hall–Kier alpha value is -5.80. The van der Waals surface area contributed by atoms with E-state index in [4.69, 9.17) is 0 Å². The molecule has 0 saturated heterocycles. The summed E-state index contributed by atoms with van der Waals surface area (Å²) in [6.07, 6.45) is 21.8. The van der Waals surface area contributed by atoms with Crippen LogP contribution >= 0.6 is 0 Å². The highest BCUT2D eigenvalue weighted by Crippen LogP contribution is 2.57. The molecule has 48 heavy (non-hydrogen) atoms. The van der Waals surface area contributed by atoms with Crippen LogP contribution in [0, 0.1) is 5.92 Å². The first-order valence-electron chi connectivity index (χ1n) is 17.1. The summed E-state index contributed by atoms with van der Waals surface area (Å²) >= 11 is 0. The summed E-state index contributed by atoms with van der Waals surface area (Å²) in [5.41, 5.74) is 10.9. The summed E-state index contributed by atoms with van der Waals surface area (Å²) < 4.78 is 5.02. The van der Waals surface area contributed by atoms with Gasteiger partial charge in [-0.1, -0.05) is 97.1 Å². The number of hydrogen-bond acceptors (Lipinski definition) is 1. The topological polar surface area (TPSA) is 13.1 Å². The molecule has 2 unspecified atom stereocenters. The highest BCUT2D eigenvalue weighted by atomic mass is 15.2.